The van der Waals surface area contributed by atoms with Gasteiger partial charge in [-0.25, -0.2) is 30.8 Å². The molecule has 2 heterocycles. The number of sulfonamides is 1. The summed E-state index contributed by atoms with van der Waals surface area (Å²) in [6.45, 7) is -0.582. The number of methoxy groups -OCH3 is 1. The molecule has 1 aromatic heterocycles. The number of alkyl halides is 2. The Hall–Kier alpha value is -3.19. The normalized spacial score (nSPS) is 14.7. The highest BCUT2D eigenvalue weighted by molar-refractivity contribution is 9.10. The maximum absolute atomic E-state index is 14.7. The molecule has 1 N–H and O–H groups in total. The van der Waals surface area contributed by atoms with Crippen LogP contribution in [0, 0.1) is 11.6 Å². The van der Waals surface area contributed by atoms with Crippen LogP contribution in [0.2, 0.25) is 0 Å². The zero-order valence-electron chi connectivity index (χ0n) is 17.0. The van der Waals surface area contributed by atoms with E-state index in [9.17, 15) is 30.8 Å². The van der Waals surface area contributed by atoms with Gasteiger partial charge in [-0.2, -0.15) is 0 Å². The van der Waals surface area contributed by atoms with Crippen molar-refractivity contribution in [3.8, 4) is 16.9 Å². The van der Waals surface area contributed by atoms with Crippen molar-refractivity contribution < 1.29 is 40.2 Å². The molecule has 13 heteroatoms. The fourth-order valence-corrected chi connectivity index (χ4v) is 5.37. The Morgan fingerprint density at radius 2 is 1.85 bits per heavy atom. The van der Waals surface area contributed by atoms with Crippen LogP contribution < -0.4 is 9.46 Å². The second-order valence-corrected chi connectivity index (χ2v) is 9.56. The van der Waals surface area contributed by atoms with Gasteiger partial charge in [0.15, 0.2) is 5.75 Å². The molecule has 178 valence electrons. The van der Waals surface area contributed by atoms with Crippen molar-refractivity contribution in [2.75, 3.05) is 11.8 Å². The maximum Gasteiger partial charge on any atom is 0.338 e. The Morgan fingerprint density at radius 3 is 2.53 bits per heavy atom. The Bertz CT molecular complexity index is 1430. The number of pyridine rings is 1. The molecule has 0 aliphatic carbocycles. The number of aromatic nitrogens is 1. The SMILES string of the molecule is COc1c(Br)cc2cc1S(=O)(=O)Nc1cc(c(F)cc1F)-c1cnc(C(F)F)cc1COC2=O. The molecular formula is C21H13BrF4N2O5S. The summed E-state index contributed by atoms with van der Waals surface area (Å²) in [6.07, 6.45) is -2.05. The van der Waals surface area contributed by atoms with Gasteiger partial charge in [0, 0.05) is 29.0 Å². The van der Waals surface area contributed by atoms with E-state index in [0.717, 1.165) is 24.4 Å². The van der Waals surface area contributed by atoms with Crippen LogP contribution >= 0.6 is 15.9 Å². The van der Waals surface area contributed by atoms with E-state index in [0.29, 0.717) is 6.07 Å². The lowest BCUT2D eigenvalue weighted by atomic mass is 10.00. The summed E-state index contributed by atoms with van der Waals surface area (Å²) in [7, 11) is -3.38. The summed E-state index contributed by atoms with van der Waals surface area (Å²) in [5.41, 5.74) is -2.01. The van der Waals surface area contributed by atoms with Crippen LogP contribution in [0.4, 0.5) is 23.2 Å². The molecule has 3 aromatic rings. The second-order valence-electron chi connectivity index (χ2n) is 7.05. The van der Waals surface area contributed by atoms with Crippen molar-refractivity contribution in [1.29, 1.82) is 0 Å². The highest BCUT2D eigenvalue weighted by Gasteiger charge is 2.28. The number of benzene rings is 2. The van der Waals surface area contributed by atoms with Gasteiger partial charge < -0.3 is 9.47 Å². The van der Waals surface area contributed by atoms with Crippen LogP contribution in [-0.4, -0.2) is 26.5 Å². The third-order valence-electron chi connectivity index (χ3n) is 4.92. The number of rotatable bonds is 2. The summed E-state index contributed by atoms with van der Waals surface area (Å²) in [6, 6.07) is 4.41. The van der Waals surface area contributed by atoms with Crippen LogP contribution in [0.3, 0.4) is 0 Å². The molecule has 7 nitrogen and oxygen atoms in total. The number of esters is 1. The van der Waals surface area contributed by atoms with Crippen LogP contribution in [0.15, 0.2) is 45.9 Å². The third kappa shape index (κ3) is 4.32. The fourth-order valence-electron chi connectivity index (χ4n) is 3.34. The van der Waals surface area contributed by atoms with Gasteiger partial charge in [-0.15, -0.1) is 0 Å². The first-order chi connectivity index (χ1) is 16.0. The van der Waals surface area contributed by atoms with Crippen molar-refractivity contribution in [3.05, 3.63) is 69.5 Å². The molecule has 0 unspecified atom stereocenters. The second kappa shape index (κ2) is 8.87. The molecule has 1 aliphatic heterocycles. The molecule has 0 amide bonds. The smallest absolute Gasteiger partial charge is 0.338 e. The Balaban J connectivity index is 2.01. The molecule has 0 atom stereocenters. The van der Waals surface area contributed by atoms with Crippen molar-refractivity contribution in [2.45, 2.75) is 17.9 Å². The number of cyclic esters (lactones) is 1. The predicted octanol–water partition coefficient (Wildman–Crippen LogP) is 5.21. The largest absolute Gasteiger partial charge is 0.494 e. The van der Waals surface area contributed by atoms with E-state index in [1.807, 2.05) is 4.72 Å². The lowest BCUT2D eigenvalue weighted by Gasteiger charge is -2.15. The van der Waals surface area contributed by atoms with E-state index in [-0.39, 0.29) is 32.5 Å². The van der Waals surface area contributed by atoms with Crippen LogP contribution in [0.5, 0.6) is 5.75 Å². The minimum absolute atomic E-state index is 0.0509. The van der Waals surface area contributed by atoms with E-state index in [1.54, 1.807) is 0 Å². The highest BCUT2D eigenvalue weighted by Crippen LogP contribution is 2.38. The Labute approximate surface area is 198 Å². The quantitative estimate of drug-likeness (QED) is 0.341. The lowest BCUT2D eigenvalue weighted by Crippen LogP contribution is -2.16. The first kappa shape index (κ1) is 24.0. The van der Waals surface area contributed by atoms with E-state index < -0.39 is 56.9 Å². The van der Waals surface area contributed by atoms with Gasteiger partial charge in [-0.05, 0) is 40.2 Å². The molecule has 0 saturated carbocycles. The average Bonchev–Trinajstić information content (AvgIpc) is 2.78. The van der Waals surface area contributed by atoms with Crippen LogP contribution in [-0.2, 0) is 21.4 Å². The standard InChI is InChI=1S/C21H13BrF4N2O5S/c1-32-19-13(22)2-9-4-18(19)34(30,31)28-16-5-11(14(23)6-15(16)24)12-7-27-17(20(25)26)3-10(12)8-33-21(9)29/h2-7,20,28H,8H2,1H3. The van der Waals surface area contributed by atoms with Crippen molar-refractivity contribution >= 4 is 37.6 Å². The number of hydrogen-bond acceptors (Lipinski definition) is 6. The highest BCUT2D eigenvalue weighted by atomic mass is 79.9. The Kier molecular flexibility index (Phi) is 6.25. The van der Waals surface area contributed by atoms with E-state index in [1.165, 1.54) is 13.2 Å². The summed E-state index contributed by atoms with van der Waals surface area (Å²) >= 11 is 3.12. The van der Waals surface area contributed by atoms with Gasteiger partial charge in [0.2, 0.25) is 0 Å². The Morgan fingerprint density at radius 1 is 1.12 bits per heavy atom. The molecule has 4 bridgehead atoms. The minimum Gasteiger partial charge on any atom is -0.494 e. The number of nitrogens with zero attached hydrogens (tertiary/aromatic N) is 1. The summed E-state index contributed by atoms with van der Waals surface area (Å²) in [5.74, 6) is -3.54. The van der Waals surface area contributed by atoms with Gasteiger partial charge in [0.1, 0.15) is 28.8 Å². The monoisotopic (exact) mass is 560 g/mol. The first-order valence-corrected chi connectivity index (χ1v) is 11.6. The molecule has 1 aliphatic rings. The minimum atomic E-state index is -4.57. The molecular weight excluding hydrogens is 548 g/mol. The number of halogens is 5. The number of fused-ring (bicyclic) bond motifs is 6. The summed E-state index contributed by atoms with van der Waals surface area (Å²) in [4.78, 5) is 15.7. The van der Waals surface area contributed by atoms with Gasteiger partial charge in [-0.1, -0.05) is 0 Å². The molecule has 34 heavy (non-hydrogen) atoms. The zero-order valence-corrected chi connectivity index (χ0v) is 19.4. The van der Waals surface area contributed by atoms with Gasteiger partial charge in [-0.3, -0.25) is 9.71 Å². The fraction of sp³-hybridized carbons (Fsp3) is 0.143. The van der Waals surface area contributed by atoms with E-state index in [2.05, 4.69) is 20.9 Å². The van der Waals surface area contributed by atoms with Crippen LogP contribution in [0.1, 0.15) is 28.0 Å². The molecule has 0 spiro atoms. The maximum atomic E-state index is 14.7. The summed E-state index contributed by atoms with van der Waals surface area (Å²) < 4.78 is 94.3. The number of ether oxygens (including phenoxy) is 2. The van der Waals surface area contributed by atoms with Gasteiger partial charge >= 0.3 is 5.97 Å². The van der Waals surface area contributed by atoms with E-state index in [4.69, 9.17) is 9.47 Å². The van der Waals surface area contributed by atoms with Crippen molar-refractivity contribution in [1.82, 2.24) is 4.98 Å². The van der Waals surface area contributed by atoms with Gasteiger partial charge in [0.25, 0.3) is 16.4 Å². The number of nitrogens with one attached hydrogen (secondary N) is 1. The predicted molar refractivity (Wildman–Crippen MR) is 115 cm³/mol. The first-order valence-electron chi connectivity index (χ1n) is 9.35. The molecule has 0 saturated heterocycles. The lowest BCUT2D eigenvalue weighted by molar-refractivity contribution is 0.0472. The van der Waals surface area contributed by atoms with E-state index >= 15 is 0 Å². The molecule has 4 rings (SSSR count). The number of hydrogen-bond donors (Lipinski definition) is 1. The van der Waals surface area contributed by atoms with Crippen molar-refractivity contribution in [2.24, 2.45) is 0 Å². The topological polar surface area (TPSA) is 94.6 Å². The summed E-state index contributed by atoms with van der Waals surface area (Å²) in [5, 5.41) is 0. The zero-order chi connectivity index (χ0) is 24.8. The number of carbonyl (C=O) groups is 1. The van der Waals surface area contributed by atoms with Crippen molar-refractivity contribution in [3.63, 3.8) is 0 Å². The number of anilines is 1. The number of carbonyl (C=O) groups excluding carboxylic acids is 1. The van der Waals surface area contributed by atoms with Crippen LogP contribution in [0.25, 0.3) is 11.1 Å². The average molecular weight is 561 g/mol. The molecule has 2 aromatic carbocycles. The molecule has 0 fully saturated rings. The molecule has 0 radical (unpaired) electrons. The third-order valence-corrected chi connectivity index (χ3v) is 6.88. The van der Waals surface area contributed by atoms with Gasteiger partial charge in [0.05, 0.1) is 22.8 Å².